The average molecular weight is 258 g/mol. The molecule has 1 heterocycles. The Balaban J connectivity index is 2.17. The SMILES string of the molecule is CC(C)CN(CCSC1CCNCC1)C(C)C. The van der Waals surface area contributed by atoms with Crippen molar-refractivity contribution < 1.29 is 0 Å². The molecule has 0 amide bonds. The maximum atomic E-state index is 3.43. The second kappa shape index (κ2) is 8.39. The number of nitrogens with one attached hydrogen (secondary N) is 1. The fraction of sp³-hybridized carbons (Fsp3) is 1.00. The van der Waals surface area contributed by atoms with Crippen LogP contribution in [0.4, 0.5) is 0 Å². The van der Waals surface area contributed by atoms with Gasteiger partial charge in [-0.3, -0.25) is 4.90 Å². The van der Waals surface area contributed by atoms with Gasteiger partial charge < -0.3 is 5.32 Å². The van der Waals surface area contributed by atoms with E-state index in [0.29, 0.717) is 6.04 Å². The summed E-state index contributed by atoms with van der Waals surface area (Å²) in [5.41, 5.74) is 0. The van der Waals surface area contributed by atoms with Crippen molar-refractivity contribution in [3.05, 3.63) is 0 Å². The van der Waals surface area contributed by atoms with Crippen LogP contribution in [0, 0.1) is 5.92 Å². The van der Waals surface area contributed by atoms with Gasteiger partial charge in [-0.1, -0.05) is 13.8 Å². The topological polar surface area (TPSA) is 15.3 Å². The standard InChI is InChI=1S/C14H30N2S/c1-12(2)11-16(13(3)4)9-10-17-14-5-7-15-8-6-14/h12-15H,5-11H2,1-4H3. The van der Waals surface area contributed by atoms with Gasteiger partial charge in [0, 0.05) is 30.1 Å². The van der Waals surface area contributed by atoms with Gasteiger partial charge in [-0.2, -0.15) is 11.8 Å². The van der Waals surface area contributed by atoms with Gasteiger partial charge in [0.15, 0.2) is 0 Å². The fourth-order valence-electron chi connectivity index (χ4n) is 2.33. The Morgan fingerprint density at radius 1 is 1.18 bits per heavy atom. The zero-order valence-corrected chi connectivity index (χ0v) is 12.9. The zero-order chi connectivity index (χ0) is 12.7. The lowest BCUT2D eigenvalue weighted by molar-refractivity contribution is 0.210. The van der Waals surface area contributed by atoms with Crippen molar-refractivity contribution >= 4 is 11.8 Å². The summed E-state index contributed by atoms with van der Waals surface area (Å²) in [6, 6.07) is 0.686. The van der Waals surface area contributed by atoms with Gasteiger partial charge in [-0.25, -0.2) is 0 Å². The smallest absolute Gasteiger partial charge is 0.00753 e. The second-order valence-corrected chi connectivity index (χ2v) is 7.21. The number of nitrogens with zero attached hydrogens (tertiary/aromatic N) is 1. The molecule has 3 heteroatoms. The van der Waals surface area contributed by atoms with E-state index in [0.717, 1.165) is 11.2 Å². The van der Waals surface area contributed by atoms with Crippen LogP contribution in [-0.2, 0) is 0 Å². The molecule has 0 atom stereocenters. The first-order valence-corrected chi connectivity index (χ1v) is 8.21. The molecule has 17 heavy (non-hydrogen) atoms. The number of piperidine rings is 1. The molecule has 1 aliphatic heterocycles. The molecule has 1 fully saturated rings. The minimum absolute atomic E-state index is 0.686. The normalized spacial score (nSPS) is 18.5. The quantitative estimate of drug-likeness (QED) is 0.756. The highest BCUT2D eigenvalue weighted by Crippen LogP contribution is 2.20. The van der Waals surface area contributed by atoms with Gasteiger partial charge in [0.25, 0.3) is 0 Å². The lowest BCUT2D eigenvalue weighted by Crippen LogP contribution is -2.36. The lowest BCUT2D eigenvalue weighted by Gasteiger charge is -2.29. The Kier molecular flexibility index (Phi) is 7.56. The third-order valence-corrected chi connectivity index (χ3v) is 4.71. The summed E-state index contributed by atoms with van der Waals surface area (Å²) in [7, 11) is 0. The Hall–Kier alpha value is 0.270. The first kappa shape index (κ1) is 15.3. The molecule has 102 valence electrons. The number of hydrogen-bond acceptors (Lipinski definition) is 3. The first-order valence-electron chi connectivity index (χ1n) is 7.16. The molecule has 0 aromatic heterocycles. The zero-order valence-electron chi connectivity index (χ0n) is 12.0. The van der Waals surface area contributed by atoms with Crippen LogP contribution in [0.5, 0.6) is 0 Å². The molecule has 0 aromatic rings. The van der Waals surface area contributed by atoms with E-state index in [1.165, 1.54) is 44.8 Å². The number of rotatable bonds is 7. The van der Waals surface area contributed by atoms with Crippen LogP contribution < -0.4 is 5.32 Å². The van der Waals surface area contributed by atoms with E-state index >= 15 is 0 Å². The summed E-state index contributed by atoms with van der Waals surface area (Å²) in [6.45, 7) is 14.2. The second-order valence-electron chi connectivity index (χ2n) is 5.80. The Morgan fingerprint density at radius 3 is 2.35 bits per heavy atom. The van der Waals surface area contributed by atoms with Crippen LogP contribution >= 0.6 is 11.8 Å². The lowest BCUT2D eigenvalue weighted by atomic mass is 10.2. The van der Waals surface area contributed by atoms with Crippen molar-refractivity contribution in [1.82, 2.24) is 10.2 Å². The molecule has 2 nitrogen and oxygen atoms in total. The molecular weight excluding hydrogens is 228 g/mol. The Labute approximate surface area is 112 Å². The molecule has 0 bridgehead atoms. The molecule has 1 aliphatic rings. The summed E-state index contributed by atoms with van der Waals surface area (Å²) in [6.07, 6.45) is 2.72. The van der Waals surface area contributed by atoms with E-state index in [2.05, 4.69) is 49.7 Å². The maximum absolute atomic E-state index is 3.43. The Bertz CT molecular complexity index is 189. The van der Waals surface area contributed by atoms with Crippen molar-refractivity contribution in [3.8, 4) is 0 Å². The predicted octanol–water partition coefficient (Wildman–Crippen LogP) is 2.84. The van der Waals surface area contributed by atoms with Crippen molar-refractivity contribution in [2.45, 2.75) is 51.8 Å². The minimum atomic E-state index is 0.686. The summed E-state index contributed by atoms with van der Waals surface area (Å²) < 4.78 is 0. The van der Waals surface area contributed by atoms with Crippen molar-refractivity contribution in [3.63, 3.8) is 0 Å². The highest BCUT2D eigenvalue weighted by molar-refractivity contribution is 7.99. The molecule has 0 radical (unpaired) electrons. The Morgan fingerprint density at radius 2 is 1.82 bits per heavy atom. The fourth-order valence-corrected chi connectivity index (χ4v) is 3.57. The van der Waals surface area contributed by atoms with Gasteiger partial charge >= 0.3 is 0 Å². The van der Waals surface area contributed by atoms with E-state index < -0.39 is 0 Å². The summed E-state index contributed by atoms with van der Waals surface area (Å²) in [5.74, 6) is 2.08. The van der Waals surface area contributed by atoms with E-state index in [-0.39, 0.29) is 0 Å². The molecular formula is C14H30N2S. The summed E-state index contributed by atoms with van der Waals surface area (Å²) in [4.78, 5) is 2.62. The van der Waals surface area contributed by atoms with E-state index in [1.54, 1.807) is 0 Å². The van der Waals surface area contributed by atoms with Crippen molar-refractivity contribution in [1.29, 1.82) is 0 Å². The van der Waals surface area contributed by atoms with Gasteiger partial charge in [0.2, 0.25) is 0 Å². The number of hydrogen-bond donors (Lipinski definition) is 1. The summed E-state index contributed by atoms with van der Waals surface area (Å²) in [5, 5.41) is 4.34. The van der Waals surface area contributed by atoms with Crippen LogP contribution in [0.2, 0.25) is 0 Å². The molecule has 1 saturated heterocycles. The van der Waals surface area contributed by atoms with E-state index in [1.807, 2.05) is 0 Å². The van der Waals surface area contributed by atoms with Crippen LogP contribution in [0.1, 0.15) is 40.5 Å². The van der Waals surface area contributed by atoms with Gasteiger partial charge in [0.1, 0.15) is 0 Å². The third kappa shape index (κ3) is 6.68. The predicted molar refractivity (Wildman–Crippen MR) is 79.9 cm³/mol. The number of thioether (sulfide) groups is 1. The van der Waals surface area contributed by atoms with Crippen molar-refractivity contribution in [2.24, 2.45) is 5.92 Å². The van der Waals surface area contributed by atoms with E-state index in [9.17, 15) is 0 Å². The average Bonchev–Trinajstić information content (AvgIpc) is 2.28. The molecule has 1 rings (SSSR count). The highest BCUT2D eigenvalue weighted by atomic mass is 32.2. The first-order chi connectivity index (χ1) is 8.09. The van der Waals surface area contributed by atoms with Crippen LogP contribution in [0.3, 0.4) is 0 Å². The van der Waals surface area contributed by atoms with Crippen LogP contribution in [-0.4, -0.2) is 48.1 Å². The van der Waals surface area contributed by atoms with Gasteiger partial charge in [0.05, 0.1) is 0 Å². The van der Waals surface area contributed by atoms with Crippen molar-refractivity contribution in [2.75, 3.05) is 31.9 Å². The van der Waals surface area contributed by atoms with Gasteiger partial charge in [-0.15, -0.1) is 0 Å². The monoisotopic (exact) mass is 258 g/mol. The highest BCUT2D eigenvalue weighted by Gasteiger charge is 2.15. The third-order valence-electron chi connectivity index (χ3n) is 3.35. The molecule has 1 N–H and O–H groups in total. The maximum Gasteiger partial charge on any atom is 0.00753 e. The van der Waals surface area contributed by atoms with Gasteiger partial charge in [-0.05, 0) is 45.7 Å². The molecule has 0 aliphatic carbocycles. The molecule has 0 aromatic carbocycles. The summed E-state index contributed by atoms with van der Waals surface area (Å²) >= 11 is 2.19. The minimum Gasteiger partial charge on any atom is -0.317 e. The van der Waals surface area contributed by atoms with E-state index in [4.69, 9.17) is 0 Å². The molecule has 0 saturated carbocycles. The largest absolute Gasteiger partial charge is 0.317 e. The molecule has 0 unspecified atom stereocenters. The molecule has 0 spiro atoms. The van der Waals surface area contributed by atoms with Crippen LogP contribution in [0.15, 0.2) is 0 Å². The van der Waals surface area contributed by atoms with Crippen LogP contribution in [0.25, 0.3) is 0 Å².